The van der Waals surface area contributed by atoms with Crippen molar-refractivity contribution in [2.75, 3.05) is 0 Å². The lowest BCUT2D eigenvalue weighted by molar-refractivity contribution is -0.672. The third-order valence-electron chi connectivity index (χ3n) is 10.3. The Bertz CT molecular complexity index is 2750. The molecule has 0 aliphatic carbocycles. The first kappa shape index (κ1) is 28.7. The molecule has 0 spiro atoms. The van der Waals surface area contributed by atoms with Gasteiger partial charge in [0.15, 0.2) is 18.4 Å². The van der Waals surface area contributed by atoms with Gasteiger partial charge in [0.05, 0.1) is 22.0 Å². The van der Waals surface area contributed by atoms with E-state index in [1.807, 2.05) is 6.07 Å². The zero-order valence-electron chi connectivity index (χ0n) is 27.8. The van der Waals surface area contributed by atoms with E-state index in [2.05, 4.69) is 168 Å². The highest BCUT2D eigenvalue weighted by Crippen LogP contribution is 2.39. The van der Waals surface area contributed by atoms with Gasteiger partial charge < -0.3 is 4.74 Å². The highest BCUT2D eigenvalue weighted by molar-refractivity contribution is 6.12. The molecule has 0 amide bonds. The minimum absolute atomic E-state index is 0.138. The van der Waals surface area contributed by atoms with Crippen LogP contribution in [0.2, 0.25) is 0 Å². The highest BCUT2D eigenvalue weighted by atomic mass is 16.5. The maximum absolute atomic E-state index is 6.44. The number of aromatic nitrogens is 3. The Morgan fingerprint density at radius 1 is 0.640 bits per heavy atom. The van der Waals surface area contributed by atoms with Crippen molar-refractivity contribution in [1.82, 2.24) is 9.55 Å². The molecule has 7 aromatic carbocycles. The van der Waals surface area contributed by atoms with Gasteiger partial charge in [0.1, 0.15) is 5.82 Å². The average Bonchev–Trinajstić information content (AvgIpc) is 3.57. The maximum atomic E-state index is 6.44. The molecule has 4 heteroatoms. The standard InChI is InChI=1S/C46H34N3O/c1-2-37-29-48-42(26-24-31-12-10-18-43(50-37)45(31)48)44-38-15-7-6-11-34(38)28-35-27-33(23-25-39(35)44)30-19-21-32(22-20-30)46-47-40-16-8-9-17-41(40)49(46)36-13-4-3-5-14-36/h3-28,37H,2,29H2,1H3/q+1. The van der Waals surface area contributed by atoms with Gasteiger partial charge in [-0.15, -0.1) is 0 Å². The number of imidazole rings is 1. The van der Waals surface area contributed by atoms with Crippen LogP contribution in [0.1, 0.15) is 13.3 Å². The number of hydrogen-bond donors (Lipinski definition) is 0. The van der Waals surface area contributed by atoms with Crippen LogP contribution in [-0.2, 0) is 6.54 Å². The number of benzene rings is 7. The summed E-state index contributed by atoms with van der Waals surface area (Å²) in [5.41, 5.74) is 10.3. The molecule has 238 valence electrons. The van der Waals surface area contributed by atoms with Crippen LogP contribution >= 0.6 is 0 Å². The molecule has 3 heterocycles. The Morgan fingerprint density at radius 3 is 2.26 bits per heavy atom. The minimum Gasteiger partial charge on any atom is -0.477 e. The molecule has 0 radical (unpaired) electrons. The van der Waals surface area contributed by atoms with E-state index < -0.39 is 0 Å². The number of fused-ring (bicyclic) bond motifs is 3. The van der Waals surface area contributed by atoms with Gasteiger partial charge in [-0.25, -0.2) is 4.98 Å². The summed E-state index contributed by atoms with van der Waals surface area (Å²) in [5.74, 6) is 1.91. The molecule has 50 heavy (non-hydrogen) atoms. The van der Waals surface area contributed by atoms with Gasteiger partial charge in [-0.3, -0.25) is 4.57 Å². The van der Waals surface area contributed by atoms with E-state index in [-0.39, 0.29) is 6.10 Å². The molecule has 0 fully saturated rings. The summed E-state index contributed by atoms with van der Waals surface area (Å²) in [6, 6.07) is 56.7. The van der Waals surface area contributed by atoms with Crippen molar-refractivity contribution in [2.24, 2.45) is 0 Å². The molecule has 9 aromatic rings. The zero-order chi connectivity index (χ0) is 33.2. The van der Waals surface area contributed by atoms with Crippen molar-refractivity contribution in [2.45, 2.75) is 26.0 Å². The molecule has 1 atom stereocenters. The lowest BCUT2D eigenvalue weighted by atomic mass is 9.91. The second kappa shape index (κ2) is 11.4. The highest BCUT2D eigenvalue weighted by Gasteiger charge is 2.31. The third kappa shape index (κ3) is 4.52. The van der Waals surface area contributed by atoms with Crippen molar-refractivity contribution >= 4 is 43.5 Å². The van der Waals surface area contributed by atoms with Crippen molar-refractivity contribution in [3.63, 3.8) is 0 Å². The molecule has 2 aromatic heterocycles. The molecule has 1 aliphatic rings. The van der Waals surface area contributed by atoms with Crippen LogP contribution in [-0.4, -0.2) is 15.7 Å². The molecular formula is C46H34N3O+. The summed E-state index contributed by atoms with van der Waals surface area (Å²) in [5, 5.41) is 6.18. The quantitative estimate of drug-likeness (QED) is 0.138. The molecule has 10 rings (SSSR count). The van der Waals surface area contributed by atoms with Gasteiger partial charge in [0, 0.05) is 17.3 Å². The molecule has 4 nitrogen and oxygen atoms in total. The van der Waals surface area contributed by atoms with E-state index >= 15 is 0 Å². The summed E-state index contributed by atoms with van der Waals surface area (Å²) in [6.45, 7) is 3.03. The Balaban J connectivity index is 1.11. The van der Waals surface area contributed by atoms with Crippen LogP contribution < -0.4 is 9.30 Å². The van der Waals surface area contributed by atoms with Gasteiger partial charge in [-0.2, -0.15) is 4.57 Å². The smallest absolute Gasteiger partial charge is 0.255 e. The molecule has 1 aliphatic heterocycles. The molecular weight excluding hydrogens is 611 g/mol. The number of hydrogen-bond acceptors (Lipinski definition) is 2. The lowest BCUT2D eigenvalue weighted by Gasteiger charge is -2.23. The Labute approximate surface area is 290 Å². The van der Waals surface area contributed by atoms with Crippen LogP contribution in [0.4, 0.5) is 0 Å². The first-order chi connectivity index (χ1) is 24.7. The first-order valence-corrected chi connectivity index (χ1v) is 17.5. The van der Waals surface area contributed by atoms with Crippen molar-refractivity contribution in [1.29, 1.82) is 0 Å². The van der Waals surface area contributed by atoms with E-state index in [4.69, 9.17) is 9.72 Å². The normalized spacial score (nSPS) is 14.1. The minimum atomic E-state index is 0.138. The van der Waals surface area contributed by atoms with Crippen molar-refractivity contribution in [3.05, 3.63) is 158 Å². The lowest BCUT2D eigenvalue weighted by Crippen LogP contribution is -2.47. The summed E-state index contributed by atoms with van der Waals surface area (Å²) in [6.07, 6.45) is 1.10. The topological polar surface area (TPSA) is 30.9 Å². The van der Waals surface area contributed by atoms with Crippen molar-refractivity contribution < 1.29 is 9.30 Å². The number of nitrogens with zero attached hydrogens (tertiary/aromatic N) is 3. The van der Waals surface area contributed by atoms with Crippen LogP contribution in [0, 0.1) is 0 Å². The van der Waals surface area contributed by atoms with Crippen molar-refractivity contribution in [3.8, 4) is 45.2 Å². The molecule has 0 bridgehead atoms. The predicted molar refractivity (Wildman–Crippen MR) is 205 cm³/mol. The summed E-state index contributed by atoms with van der Waals surface area (Å²) < 4.78 is 11.2. The second-order valence-electron chi connectivity index (χ2n) is 13.3. The number of pyridine rings is 1. The monoisotopic (exact) mass is 644 g/mol. The molecule has 0 saturated carbocycles. The predicted octanol–water partition coefficient (Wildman–Crippen LogP) is 10.9. The summed E-state index contributed by atoms with van der Waals surface area (Å²) in [7, 11) is 0. The van der Waals surface area contributed by atoms with E-state index in [1.165, 1.54) is 54.8 Å². The fourth-order valence-corrected chi connectivity index (χ4v) is 7.88. The largest absolute Gasteiger partial charge is 0.477 e. The van der Waals surface area contributed by atoms with Gasteiger partial charge >= 0.3 is 0 Å². The Hall–Kier alpha value is -6.26. The van der Waals surface area contributed by atoms with Gasteiger partial charge in [0.2, 0.25) is 5.69 Å². The SMILES string of the molecule is CCC1C[n+]2c(-c3c4ccccc4cc4cc(-c5ccc(-c6nc7ccccc7n6-c6ccccc6)cc5)ccc34)ccc3cccc(c32)O1. The average molecular weight is 645 g/mol. The Morgan fingerprint density at radius 2 is 1.38 bits per heavy atom. The van der Waals surface area contributed by atoms with Crippen LogP contribution in [0.25, 0.3) is 82.9 Å². The number of para-hydroxylation sites is 4. The Kier molecular flexibility index (Phi) is 6.56. The zero-order valence-corrected chi connectivity index (χ0v) is 27.8. The van der Waals surface area contributed by atoms with Crippen LogP contribution in [0.5, 0.6) is 5.75 Å². The second-order valence-corrected chi connectivity index (χ2v) is 13.3. The summed E-state index contributed by atoms with van der Waals surface area (Å²) in [4.78, 5) is 5.08. The van der Waals surface area contributed by atoms with E-state index in [0.717, 1.165) is 46.8 Å². The van der Waals surface area contributed by atoms with Crippen LogP contribution in [0.15, 0.2) is 158 Å². The van der Waals surface area contributed by atoms with E-state index in [9.17, 15) is 0 Å². The van der Waals surface area contributed by atoms with E-state index in [0.29, 0.717) is 0 Å². The number of rotatable bonds is 5. The summed E-state index contributed by atoms with van der Waals surface area (Å²) >= 11 is 0. The van der Waals surface area contributed by atoms with E-state index in [1.54, 1.807) is 0 Å². The number of ether oxygens (including phenoxy) is 1. The molecule has 0 N–H and O–H groups in total. The molecule has 0 saturated heterocycles. The van der Waals surface area contributed by atoms with Gasteiger partial charge in [-0.1, -0.05) is 104 Å². The van der Waals surface area contributed by atoms with Gasteiger partial charge in [-0.05, 0) is 93.7 Å². The molecule has 1 unspecified atom stereocenters. The van der Waals surface area contributed by atoms with Gasteiger partial charge in [0.25, 0.3) is 5.52 Å². The fraction of sp³-hybridized carbons (Fsp3) is 0.0870. The first-order valence-electron chi connectivity index (χ1n) is 17.5. The maximum Gasteiger partial charge on any atom is 0.255 e. The van der Waals surface area contributed by atoms with Crippen LogP contribution in [0.3, 0.4) is 0 Å². The third-order valence-corrected chi connectivity index (χ3v) is 10.3. The fourth-order valence-electron chi connectivity index (χ4n) is 7.88.